The van der Waals surface area contributed by atoms with Crippen molar-refractivity contribution in [2.24, 2.45) is 10.8 Å². The van der Waals surface area contributed by atoms with E-state index in [1.807, 2.05) is 37.4 Å². The van der Waals surface area contributed by atoms with Crippen molar-refractivity contribution < 1.29 is 4.79 Å². The third kappa shape index (κ3) is 6.16. The van der Waals surface area contributed by atoms with E-state index in [2.05, 4.69) is 30.9 Å². The molecule has 0 bridgehead atoms. The number of carbonyl (C=O) groups is 1. The van der Waals surface area contributed by atoms with Gasteiger partial charge in [-0.25, -0.2) is 4.98 Å². The summed E-state index contributed by atoms with van der Waals surface area (Å²) in [6.07, 6.45) is 4.54. The van der Waals surface area contributed by atoms with E-state index in [0.717, 1.165) is 38.2 Å². The van der Waals surface area contributed by atoms with Crippen LogP contribution in [0.5, 0.6) is 0 Å². The van der Waals surface area contributed by atoms with Crippen molar-refractivity contribution in [1.29, 1.82) is 0 Å². The first-order valence-electron chi connectivity index (χ1n) is 8.13. The Morgan fingerprint density at radius 2 is 1.82 bits per heavy atom. The molecule has 0 spiro atoms. The van der Waals surface area contributed by atoms with Gasteiger partial charge in [0.25, 0.3) is 0 Å². The highest BCUT2D eigenvalue weighted by atomic mass is 16.2. The number of hydrogen-bond donors (Lipinski definition) is 0. The molecule has 1 aromatic heterocycles. The van der Waals surface area contributed by atoms with Gasteiger partial charge in [0.2, 0.25) is 5.91 Å². The Hall–Kier alpha value is -1.39. The van der Waals surface area contributed by atoms with Gasteiger partial charge in [0.05, 0.1) is 0 Å². The lowest BCUT2D eigenvalue weighted by molar-refractivity contribution is -0.138. The number of unbranched alkanes of at least 4 members (excludes halogenated alkanes) is 1. The molecule has 1 amide bonds. The van der Waals surface area contributed by atoms with Gasteiger partial charge in [-0.2, -0.15) is 5.10 Å². The Labute approximate surface area is 135 Å². The van der Waals surface area contributed by atoms with Crippen LogP contribution in [0.1, 0.15) is 60.2 Å². The van der Waals surface area contributed by atoms with E-state index >= 15 is 0 Å². The Bertz CT molecular complexity index is 480. The van der Waals surface area contributed by atoms with Crippen LogP contribution in [0.3, 0.4) is 0 Å². The van der Waals surface area contributed by atoms with Crippen LogP contribution >= 0.6 is 0 Å². The van der Waals surface area contributed by atoms with E-state index < -0.39 is 0 Å². The summed E-state index contributed by atoms with van der Waals surface area (Å²) in [6, 6.07) is 0. The van der Waals surface area contributed by atoms with Gasteiger partial charge in [0, 0.05) is 32.0 Å². The van der Waals surface area contributed by atoms with Crippen LogP contribution in [-0.4, -0.2) is 39.2 Å². The molecule has 0 radical (unpaired) electrons. The van der Waals surface area contributed by atoms with E-state index in [9.17, 15) is 4.79 Å². The van der Waals surface area contributed by atoms with Crippen LogP contribution in [-0.2, 0) is 17.8 Å². The van der Waals surface area contributed by atoms with Crippen LogP contribution < -0.4 is 0 Å². The first-order valence-corrected chi connectivity index (χ1v) is 8.13. The van der Waals surface area contributed by atoms with Gasteiger partial charge < -0.3 is 4.90 Å². The SMILES string of the molecule is CN(CCCCn1ncnc1CC(C)(C)C)C(=O)C(C)(C)C. The Morgan fingerprint density at radius 1 is 1.18 bits per heavy atom. The van der Waals surface area contributed by atoms with E-state index in [4.69, 9.17) is 0 Å². The number of amides is 1. The molecule has 5 heteroatoms. The third-order valence-corrected chi connectivity index (χ3v) is 3.49. The van der Waals surface area contributed by atoms with E-state index in [1.165, 1.54) is 0 Å². The highest BCUT2D eigenvalue weighted by Crippen LogP contribution is 2.19. The fourth-order valence-electron chi connectivity index (χ4n) is 2.37. The maximum atomic E-state index is 12.1. The normalized spacial score (nSPS) is 12.5. The molecule has 0 saturated heterocycles. The van der Waals surface area contributed by atoms with E-state index in [-0.39, 0.29) is 16.7 Å². The van der Waals surface area contributed by atoms with Gasteiger partial charge in [-0.3, -0.25) is 9.48 Å². The zero-order chi connectivity index (χ0) is 17.0. The summed E-state index contributed by atoms with van der Waals surface area (Å²) in [6.45, 7) is 14.2. The quantitative estimate of drug-likeness (QED) is 0.759. The summed E-state index contributed by atoms with van der Waals surface area (Å²) >= 11 is 0. The molecule has 1 rings (SSSR count). The molecule has 0 fully saturated rings. The van der Waals surface area contributed by atoms with Gasteiger partial charge in [0.15, 0.2) is 0 Å². The zero-order valence-corrected chi connectivity index (χ0v) is 15.3. The predicted molar refractivity (Wildman–Crippen MR) is 89.5 cm³/mol. The highest BCUT2D eigenvalue weighted by molar-refractivity contribution is 5.81. The molecule has 0 atom stereocenters. The number of hydrogen-bond acceptors (Lipinski definition) is 3. The van der Waals surface area contributed by atoms with Gasteiger partial charge in [0.1, 0.15) is 12.2 Å². The van der Waals surface area contributed by atoms with Crippen molar-refractivity contribution in [2.75, 3.05) is 13.6 Å². The van der Waals surface area contributed by atoms with Gasteiger partial charge >= 0.3 is 0 Å². The summed E-state index contributed by atoms with van der Waals surface area (Å²) in [5.41, 5.74) is -0.0926. The second kappa shape index (κ2) is 7.25. The van der Waals surface area contributed by atoms with Gasteiger partial charge in [-0.1, -0.05) is 41.5 Å². The molecule has 22 heavy (non-hydrogen) atoms. The Balaban J connectivity index is 2.40. The van der Waals surface area contributed by atoms with Crippen LogP contribution in [0.15, 0.2) is 6.33 Å². The molecule has 0 N–H and O–H groups in total. The molecule has 0 aliphatic rings. The number of nitrogens with zero attached hydrogens (tertiary/aromatic N) is 4. The molecular formula is C17H32N4O. The molecule has 0 aromatic carbocycles. The summed E-state index contributed by atoms with van der Waals surface area (Å²) < 4.78 is 2.00. The van der Waals surface area contributed by atoms with Crippen molar-refractivity contribution in [1.82, 2.24) is 19.7 Å². The minimum Gasteiger partial charge on any atom is -0.345 e. The smallest absolute Gasteiger partial charge is 0.227 e. The largest absolute Gasteiger partial charge is 0.345 e. The van der Waals surface area contributed by atoms with Crippen LogP contribution in [0.25, 0.3) is 0 Å². The topological polar surface area (TPSA) is 51.0 Å². The molecule has 5 nitrogen and oxygen atoms in total. The molecular weight excluding hydrogens is 276 g/mol. The fourth-order valence-corrected chi connectivity index (χ4v) is 2.37. The lowest BCUT2D eigenvalue weighted by Gasteiger charge is -2.26. The maximum absolute atomic E-state index is 12.1. The second-order valence-electron chi connectivity index (χ2n) is 8.32. The van der Waals surface area contributed by atoms with E-state index in [1.54, 1.807) is 6.33 Å². The summed E-state index contributed by atoms with van der Waals surface area (Å²) in [5.74, 6) is 1.24. The average molecular weight is 308 g/mol. The fraction of sp³-hybridized carbons (Fsp3) is 0.824. The second-order valence-corrected chi connectivity index (χ2v) is 8.32. The average Bonchev–Trinajstić information content (AvgIpc) is 2.77. The van der Waals surface area contributed by atoms with Gasteiger partial charge in [-0.15, -0.1) is 0 Å². The lowest BCUT2D eigenvalue weighted by Crippen LogP contribution is -2.37. The first-order chi connectivity index (χ1) is 10.0. The van der Waals surface area contributed by atoms with Crippen molar-refractivity contribution in [3.63, 3.8) is 0 Å². The zero-order valence-electron chi connectivity index (χ0n) is 15.3. The molecule has 0 unspecified atom stereocenters. The van der Waals surface area contributed by atoms with Crippen molar-refractivity contribution >= 4 is 5.91 Å². The standard InChI is InChI=1S/C17H32N4O/c1-16(2,3)12-14-18-13-19-21(14)11-9-8-10-20(7)15(22)17(4,5)6/h13H,8-12H2,1-7H3. The Kier molecular flexibility index (Phi) is 6.15. The lowest BCUT2D eigenvalue weighted by atomic mass is 9.92. The number of aryl methyl sites for hydroxylation is 1. The van der Waals surface area contributed by atoms with Crippen LogP contribution in [0, 0.1) is 10.8 Å². The van der Waals surface area contributed by atoms with Crippen LogP contribution in [0.2, 0.25) is 0 Å². The number of carbonyl (C=O) groups excluding carboxylic acids is 1. The molecule has 0 saturated carbocycles. The minimum absolute atomic E-state index is 0.196. The number of aromatic nitrogens is 3. The first kappa shape index (κ1) is 18.7. The monoisotopic (exact) mass is 308 g/mol. The molecule has 1 heterocycles. The van der Waals surface area contributed by atoms with Gasteiger partial charge in [-0.05, 0) is 18.3 Å². The number of rotatable bonds is 6. The van der Waals surface area contributed by atoms with Crippen molar-refractivity contribution in [3.8, 4) is 0 Å². The van der Waals surface area contributed by atoms with Crippen molar-refractivity contribution in [3.05, 3.63) is 12.2 Å². The summed E-state index contributed by atoms with van der Waals surface area (Å²) in [5, 5.41) is 4.32. The Morgan fingerprint density at radius 3 is 2.36 bits per heavy atom. The molecule has 0 aliphatic heterocycles. The summed E-state index contributed by atoms with van der Waals surface area (Å²) in [7, 11) is 1.88. The molecule has 126 valence electrons. The van der Waals surface area contributed by atoms with Crippen molar-refractivity contribution in [2.45, 2.75) is 67.3 Å². The van der Waals surface area contributed by atoms with E-state index in [0.29, 0.717) is 0 Å². The maximum Gasteiger partial charge on any atom is 0.227 e. The third-order valence-electron chi connectivity index (χ3n) is 3.49. The minimum atomic E-state index is -0.305. The predicted octanol–water partition coefficient (Wildman–Crippen LogP) is 3.15. The highest BCUT2D eigenvalue weighted by Gasteiger charge is 2.24. The summed E-state index contributed by atoms with van der Waals surface area (Å²) in [4.78, 5) is 18.3. The molecule has 1 aromatic rings. The molecule has 0 aliphatic carbocycles. The van der Waals surface area contributed by atoms with Crippen LogP contribution in [0.4, 0.5) is 0 Å².